The van der Waals surface area contributed by atoms with E-state index in [1.165, 1.54) is 0 Å². The van der Waals surface area contributed by atoms with E-state index in [-0.39, 0.29) is 11.9 Å². The molecule has 0 spiro atoms. The third-order valence-corrected chi connectivity index (χ3v) is 6.09. The van der Waals surface area contributed by atoms with Gasteiger partial charge in [-0.25, -0.2) is 0 Å². The van der Waals surface area contributed by atoms with Gasteiger partial charge in [0.15, 0.2) is 0 Å². The van der Waals surface area contributed by atoms with Gasteiger partial charge in [0.1, 0.15) is 5.75 Å². The minimum atomic E-state index is -0.453. The number of pyridine rings is 1. The van der Waals surface area contributed by atoms with Crippen LogP contribution >= 0.6 is 0 Å². The molecule has 4 aromatic rings. The van der Waals surface area contributed by atoms with Crippen molar-refractivity contribution in [2.24, 2.45) is 0 Å². The fourth-order valence-electron chi connectivity index (χ4n) is 4.26. The Balaban J connectivity index is 1.70. The molecule has 8 nitrogen and oxygen atoms in total. The van der Waals surface area contributed by atoms with E-state index >= 15 is 0 Å². The zero-order valence-corrected chi connectivity index (χ0v) is 20.6. The average molecular weight is 474 g/mol. The van der Waals surface area contributed by atoms with E-state index in [9.17, 15) is 10.0 Å². The Labute approximate surface area is 205 Å². The first-order valence-corrected chi connectivity index (χ1v) is 11.7. The number of aromatic nitrogens is 3. The van der Waals surface area contributed by atoms with E-state index in [2.05, 4.69) is 15.2 Å². The molecule has 182 valence electrons. The Kier molecular flexibility index (Phi) is 7.14. The number of benzene rings is 2. The summed E-state index contributed by atoms with van der Waals surface area (Å²) in [5.41, 5.74) is 4.11. The minimum absolute atomic E-state index is 0.164. The van der Waals surface area contributed by atoms with Crippen molar-refractivity contribution in [3.8, 4) is 16.9 Å². The van der Waals surface area contributed by atoms with Crippen molar-refractivity contribution in [3.05, 3.63) is 83.5 Å². The average Bonchev–Trinajstić information content (AvgIpc) is 3.33. The minimum Gasteiger partial charge on any atom is -0.633 e. The highest BCUT2D eigenvalue weighted by Crippen LogP contribution is 2.34. The highest BCUT2D eigenvalue weighted by Gasteiger charge is 2.27. The van der Waals surface area contributed by atoms with Crippen LogP contribution in [0, 0.1) is 5.21 Å². The molecule has 2 aromatic carbocycles. The predicted octanol–water partition coefficient (Wildman–Crippen LogP) is 4.80. The van der Waals surface area contributed by atoms with Crippen molar-refractivity contribution in [3.63, 3.8) is 0 Å². The molecule has 0 unspecified atom stereocenters. The maximum atomic E-state index is 13.7. The van der Waals surface area contributed by atoms with Gasteiger partial charge in [0.2, 0.25) is 0 Å². The number of fused-ring (bicyclic) bond motifs is 1. The Bertz CT molecular complexity index is 1300. The number of hydrogen-bond donors (Lipinski definition) is 1. The molecule has 0 aliphatic heterocycles. The van der Waals surface area contributed by atoms with Gasteiger partial charge in [0, 0.05) is 47.9 Å². The summed E-state index contributed by atoms with van der Waals surface area (Å²) >= 11 is 0. The molecule has 0 saturated heterocycles. The molecule has 0 aliphatic carbocycles. The van der Waals surface area contributed by atoms with Crippen LogP contribution in [-0.4, -0.2) is 64.9 Å². The highest BCUT2D eigenvalue weighted by atomic mass is 16.5. The van der Waals surface area contributed by atoms with Crippen molar-refractivity contribution in [2.75, 3.05) is 34.3 Å². The van der Waals surface area contributed by atoms with Crippen molar-refractivity contribution >= 4 is 16.8 Å². The van der Waals surface area contributed by atoms with Crippen LogP contribution in [0.4, 0.5) is 0 Å². The lowest BCUT2D eigenvalue weighted by molar-refractivity contribution is -0.840. The fraction of sp³-hybridized carbons (Fsp3) is 0.296. The van der Waals surface area contributed by atoms with Crippen LogP contribution in [0.1, 0.15) is 35.3 Å². The first-order valence-electron chi connectivity index (χ1n) is 11.7. The van der Waals surface area contributed by atoms with E-state index in [4.69, 9.17) is 4.74 Å². The van der Waals surface area contributed by atoms with Crippen molar-refractivity contribution in [1.82, 2.24) is 20.1 Å². The van der Waals surface area contributed by atoms with E-state index < -0.39 is 4.65 Å². The summed E-state index contributed by atoms with van der Waals surface area (Å²) in [4.78, 5) is 19.7. The lowest BCUT2D eigenvalue weighted by Crippen LogP contribution is -2.38. The van der Waals surface area contributed by atoms with E-state index in [0.717, 1.165) is 27.6 Å². The lowest BCUT2D eigenvalue weighted by Gasteiger charge is -2.37. The Morgan fingerprint density at radius 1 is 1.14 bits per heavy atom. The van der Waals surface area contributed by atoms with E-state index in [1.54, 1.807) is 50.7 Å². The molecular weight excluding hydrogens is 442 g/mol. The normalized spacial score (nSPS) is 12.5. The third kappa shape index (κ3) is 5.50. The van der Waals surface area contributed by atoms with Gasteiger partial charge in [-0.15, -0.1) is 0 Å². The number of hydrogen-bond acceptors (Lipinski definition) is 5. The first kappa shape index (κ1) is 24.4. The smallest absolute Gasteiger partial charge is 0.254 e. The molecular formula is C27H31N5O3. The fourth-order valence-corrected chi connectivity index (χ4v) is 4.26. The third-order valence-electron chi connectivity index (χ3n) is 6.09. The summed E-state index contributed by atoms with van der Waals surface area (Å²) in [7, 11) is 4.97. The van der Waals surface area contributed by atoms with Crippen LogP contribution in [0.5, 0.6) is 5.75 Å². The van der Waals surface area contributed by atoms with Crippen LogP contribution in [0.3, 0.4) is 0 Å². The molecule has 0 bridgehead atoms. The Hall–Kier alpha value is -3.75. The SMILES string of the molecule is CCOc1cc(C(=O)N(C)[C@H](CC[N+](C)(C)[O-])c2cncc3cn[nH]c23)ccc1-c1ccccc1. The number of carbonyl (C=O) groups is 1. The maximum absolute atomic E-state index is 13.7. The number of aromatic amines is 1. The van der Waals surface area contributed by atoms with Crippen LogP contribution in [-0.2, 0) is 0 Å². The largest absolute Gasteiger partial charge is 0.633 e. The molecule has 35 heavy (non-hydrogen) atoms. The predicted molar refractivity (Wildman–Crippen MR) is 137 cm³/mol. The van der Waals surface area contributed by atoms with E-state index in [1.807, 2.05) is 49.4 Å². The van der Waals surface area contributed by atoms with Crippen LogP contribution in [0.25, 0.3) is 22.0 Å². The molecule has 4 rings (SSSR count). The molecule has 2 heterocycles. The number of nitrogens with one attached hydrogen (secondary N) is 1. The van der Waals surface area contributed by atoms with Crippen LogP contribution in [0.2, 0.25) is 0 Å². The molecule has 2 aromatic heterocycles. The molecule has 1 N–H and O–H groups in total. The maximum Gasteiger partial charge on any atom is 0.254 e. The van der Waals surface area contributed by atoms with Crippen molar-refractivity contribution in [2.45, 2.75) is 19.4 Å². The van der Waals surface area contributed by atoms with Gasteiger partial charge in [-0.05, 0) is 30.7 Å². The Morgan fingerprint density at radius 3 is 2.63 bits per heavy atom. The topological polar surface area (TPSA) is 94.2 Å². The zero-order chi connectivity index (χ0) is 25.0. The number of rotatable bonds is 9. The van der Waals surface area contributed by atoms with Gasteiger partial charge in [-0.3, -0.25) is 14.9 Å². The summed E-state index contributed by atoms with van der Waals surface area (Å²) in [5.74, 6) is 0.493. The number of H-pyrrole nitrogens is 1. The Morgan fingerprint density at radius 2 is 1.91 bits per heavy atom. The second kappa shape index (κ2) is 10.2. The number of nitrogens with zero attached hydrogens (tertiary/aromatic N) is 4. The summed E-state index contributed by atoms with van der Waals surface area (Å²) in [6.07, 6.45) is 5.64. The summed E-state index contributed by atoms with van der Waals surface area (Å²) in [6.45, 7) is 2.75. The summed E-state index contributed by atoms with van der Waals surface area (Å²) < 4.78 is 5.46. The van der Waals surface area contributed by atoms with Crippen LogP contribution < -0.4 is 4.74 Å². The second-order valence-corrected chi connectivity index (χ2v) is 9.09. The molecule has 8 heteroatoms. The van der Waals surface area contributed by atoms with Crippen molar-refractivity contribution < 1.29 is 14.2 Å². The second-order valence-electron chi connectivity index (χ2n) is 9.09. The van der Waals surface area contributed by atoms with Gasteiger partial charge in [-0.2, -0.15) is 5.10 Å². The number of ether oxygens (including phenoxy) is 1. The van der Waals surface area contributed by atoms with Gasteiger partial charge < -0.3 is 19.5 Å². The van der Waals surface area contributed by atoms with E-state index in [0.29, 0.717) is 30.9 Å². The number of hydroxylamine groups is 3. The van der Waals surface area contributed by atoms with Crippen LogP contribution in [0.15, 0.2) is 67.1 Å². The number of quaternary nitrogens is 1. The molecule has 0 saturated carbocycles. The highest BCUT2D eigenvalue weighted by molar-refractivity contribution is 5.96. The lowest BCUT2D eigenvalue weighted by atomic mass is 9.99. The number of amides is 1. The molecule has 0 radical (unpaired) electrons. The molecule has 1 amide bonds. The monoisotopic (exact) mass is 473 g/mol. The molecule has 0 aliphatic rings. The van der Waals surface area contributed by atoms with Crippen molar-refractivity contribution in [1.29, 1.82) is 0 Å². The summed E-state index contributed by atoms with van der Waals surface area (Å²) in [5, 5.41) is 20.4. The molecule has 1 atom stereocenters. The van der Waals surface area contributed by atoms with Gasteiger partial charge >= 0.3 is 0 Å². The quantitative estimate of drug-likeness (QED) is 0.278. The van der Waals surface area contributed by atoms with Gasteiger partial charge in [0.25, 0.3) is 5.91 Å². The zero-order valence-electron chi connectivity index (χ0n) is 20.6. The molecule has 0 fully saturated rings. The first-order chi connectivity index (χ1) is 16.8. The van der Waals surface area contributed by atoms with Gasteiger partial charge in [0.05, 0.1) is 45.0 Å². The van der Waals surface area contributed by atoms with Gasteiger partial charge in [-0.1, -0.05) is 30.3 Å². The number of carbonyl (C=O) groups excluding carboxylic acids is 1. The summed E-state index contributed by atoms with van der Waals surface area (Å²) in [6, 6.07) is 15.1. The standard InChI is InChI=1S/C27H31N5O3/c1-5-35-25-15-20(11-12-22(25)19-9-7-6-8-10-19)27(33)31(2)24(13-14-32(3,4)34)23-18-28-16-21-17-29-30-26(21)23/h6-12,15-18,24H,5,13-14H2,1-4H3,(H,29,30)/t24-/m1/s1.